The molecule has 1 fully saturated rings. The Balaban J connectivity index is 2.01. The van der Waals surface area contributed by atoms with Crippen LogP contribution in [-0.2, 0) is 10.9 Å². The Morgan fingerprint density at radius 2 is 1.92 bits per heavy atom. The van der Waals surface area contributed by atoms with Crippen LogP contribution in [0.4, 0.5) is 23.7 Å². The molecule has 1 amide bonds. The van der Waals surface area contributed by atoms with Crippen molar-refractivity contribution in [2.75, 3.05) is 18.8 Å². The molecular weight excluding hydrogens is 325 g/mol. The molecule has 0 bridgehead atoms. The highest BCUT2D eigenvalue weighted by Crippen LogP contribution is 2.34. The van der Waals surface area contributed by atoms with E-state index >= 15 is 0 Å². The highest BCUT2D eigenvalue weighted by atomic mass is 19.4. The van der Waals surface area contributed by atoms with Crippen LogP contribution in [0, 0.1) is 0 Å². The first-order chi connectivity index (χ1) is 10.9. The number of alkyl halides is 3. The van der Waals surface area contributed by atoms with E-state index in [-0.39, 0.29) is 18.0 Å². The number of rotatable bonds is 2. The monoisotopic (exact) mass is 346 g/mol. The zero-order chi connectivity index (χ0) is 18.1. The molecule has 0 aliphatic carbocycles. The number of anilines is 1. The number of hydrogen-bond acceptors (Lipinski definition) is 4. The molecule has 1 atom stereocenters. The lowest BCUT2D eigenvalue weighted by atomic mass is 10.2. The molecule has 1 heterocycles. The maximum atomic E-state index is 12.8. The second-order valence-electron chi connectivity index (χ2n) is 6.74. The average Bonchev–Trinajstić information content (AvgIpc) is 2.83. The quantitative estimate of drug-likeness (QED) is 0.830. The van der Waals surface area contributed by atoms with Crippen LogP contribution in [0.25, 0.3) is 0 Å². The molecule has 8 heteroatoms. The van der Waals surface area contributed by atoms with E-state index in [0.29, 0.717) is 13.0 Å². The first-order valence-electron chi connectivity index (χ1n) is 7.56. The molecule has 1 aliphatic heterocycles. The molecule has 134 valence electrons. The number of carbonyl (C=O) groups excluding carboxylic acids is 1. The molecule has 0 unspecified atom stereocenters. The third kappa shape index (κ3) is 4.94. The number of nitrogens with two attached hydrogens (primary N) is 1. The van der Waals surface area contributed by atoms with Crippen LogP contribution >= 0.6 is 0 Å². The smallest absolute Gasteiger partial charge is 0.416 e. The minimum absolute atomic E-state index is 0.0261. The van der Waals surface area contributed by atoms with E-state index in [1.807, 2.05) is 0 Å². The first kappa shape index (κ1) is 18.2. The average molecular weight is 346 g/mol. The number of nitrogen functional groups attached to an aromatic ring is 1. The van der Waals surface area contributed by atoms with E-state index in [1.165, 1.54) is 11.0 Å². The van der Waals surface area contributed by atoms with Gasteiger partial charge in [-0.25, -0.2) is 4.79 Å². The van der Waals surface area contributed by atoms with Crippen LogP contribution in [0.15, 0.2) is 18.2 Å². The van der Waals surface area contributed by atoms with Crippen molar-refractivity contribution in [2.45, 2.75) is 45.1 Å². The van der Waals surface area contributed by atoms with Gasteiger partial charge >= 0.3 is 12.3 Å². The summed E-state index contributed by atoms with van der Waals surface area (Å²) in [6.45, 7) is 5.97. The van der Waals surface area contributed by atoms with Crippen molar-refractivity contribution in [3.63, 3.8) is 0 Å². The zero-order valence-electron chi connectivity index (χ0n) is 13.8. The lowest BCUT2D eigenvalue weighted by Crippen LogP contribution is -2.36. The van der Waals surface area contributed by atoms with Crippen molar-refractivity contribution in [1.29, 1.82) is 0 Å². The number of ether oxygens (including phenoxy) is 2. The molecule has 1 aromatic carbocycles. The predicted octanol–water partition coefficient (Wildman–Crippen LogP) is 3.68. The zero-order valence-corrected chi connectivity index (χ0v) is 13.8. The summed E-state index contributed by atoms with van der Waals surface area (Å²) in [5, 5.41) is 0. The summed E-state index contributed by atoms with van der Waals surface area (Å²) in [7, 11) is 0. The standard InChI is InChI=1S/C16H21F3N2O3/c1-15(2,3)24-14(22)21-5-4-12(9-21)23-13-7-10(16(17,18)19)6-11(20)8-13/h6-8,12H,4-5,9,20H2,1-3H3/t12-/m0/s1. The van der Waals surface area contributed by atoms with Crippen molar-refractivity contribution in [3.8, 4) is 5.75 Å². The van der Waals surface area contributed by atoms with Gasteiger partial charge in [0.15, 0.2) is 0 Å². The molecule has 0 radical (unpaired) electrons. The van der Waals surface area contributed by atoms with E-state index in [4.69, 9.17) is 15.2 Å². The Hall–Kier alpha value is -2.12. The number of amides is 1. The molecule has 0 saturated carbocycles. The van der Waals surface area contributed by atoms with Gasteiger partial charge in [0.1, 0.15) is 17.5 Å². The molecule has 24 heavy (non-hydrogen) atoms. The third-order valence-electron chi connectivity index (χ3n) is 3.36. The van der Waals surface area contributed by atoms with Gasteiger partial charge in [0, 0.05) is 24.7 Å². The summed E-state index contributed by atoms with van der Waals surface area (Å²) in [6, 6.07) is 3.10. The summed E-state index contributed by atoms with van der Waals surface area (Å²) in [4.78, 5) is 13.5. The molecule has 1 aliphatic rings. The Morgan fingerprint density at radius 1 is 1.25 bits per heavy atom. The van der Waals surface area contributed by atoms with Crippen LogP contribution < -0.4 is 10.5 Å². The second-order valence-corrected chi connectivity index (χ2v) is 6.74. The summed E-state index contributed by atoms with van der Waals surface area (Å²) >= 11 is 0. The maximum absolute atomic E-state index is 12.8. The van der Waals surface area contributed by atoms with E-state index in [1.54, 1.807) is 20.8 Å². The van der Waals surface area contributed by atoms with Gasteiger partial charge in [-0.05, 0) is 32.9 Å². The van der Waals surface area contributed by atoms with Crippen molar-refractivity contribution in [2.24, 2.45) is 0 Å². The summed E-state index contributed by atoms with van der Waals surface area (Å²) < 4.78 is 49.3. The Kier molecular flexibility index (Phi) is 4.87. The fourth-order valence-electron chi connectivity index (χ4n) is 2.36. The summed E-state index contributed by atoms with van der Waals surface area (Å²) in [5.41, 5.74) is 4.02. The minimum atomic E-state index is -4.49. The normalized spacial score (nSPS) is 18.6. The van der Waals surface area contributed by atoms with E-state index in [9.17, 15) is 18.0 Å². The van der Waals surface area contributed by atoms with Crippen LogP contribution in [0.5, 0.6) is 5.75 Å². The van der Waals surface area contributed by atoms with Gasteiger partial charge in [-0.15, -0.1) is 0 Å². The van der Waals surface area contributed by atoms with Crippen LogP contribution in [0.3, 0.4) is 0 Å². The molecule has 1 saturated heterocycles. The van der Waals surface area contributed by atoms with Crippen LogP contribution in [0.2, 0.25) is 0 Å². The fraction of sp³-hybridized carbons (Fsp3) is 0.562. The van der Waals surface area contributed by atoms with Gasteiger partial charge in [0.05, 0.1) is 12.1 Å². The lowest BCUT2D eigenvalue weighted by Gasteiger charge is -2.24. The van der Waals surface area contributed by atoms with E-state index < -0.39 is 29.5 Å². The molecule has 0 aromatic heterocycles. The maximum Gasteiger partial charge on any atom is 0.416 e. The number of benzene rings is 1. The van der Waals surface area contributed by atoms with Crippen LogP contribution in [-0.4, -0.2) is 35.8 Å². The predicted molar refractivity (Wildman–Crippen MR) is 82.7 cm³/mol. The summed E-state index contributed by atoms with van der Waals surface area (Å²) in [5.74, 6) is 0.0402. The van der Waals surface area contributed by atoms with Gasteiger partial charge < -0.3 is 20.1 Å². The van der Waals surface area contributed by atoms with Gasteiger partial charge in [-0.2, -0.15) is 13.2 Å². The molecule has 0 spiro atoms. The lowest BCUT2D eigenvalue weighted by molar-refractivity contribution is -0.137. The number of hydrogen-bond donors (Lipinski definition) is 1. The highest BCUT2D eigenvalue weighted by Gasteiger charge is 2.33. The molecule has 2 N–H and O–H groups in total. The van der Waals surface area contributed by atoms with Gasteiger partial charge in [0.2, 0.25) is 0 Å². The second kappa shape index (κ2) is 6.41. The molecule has 1 aromatic rings. The molecular formula is C16H21F3N2O3. The van der Waals surface area contributed by atoms with Crippen molar-refractivity contribution < 1.29 is 27.4 Å². The van der Waals surface area contributed by atoms with Crippen molar-refractivity contribution >= 4 is 11.8 Å². The van der Waals surface area contributed by atoms with Crippen LogP contribution in [0.1, 0.15) is 32.8 Å². The van der Waals surface area contributed by atoms with Gasteiger partial charge in [-0.3, -0.25) is 0 Å². The number of carbonyl (C=O) groups is 1. The number of likely N-dealkylation sites (tertiary alicyclic amines) is 1. The van der Waals surface area contributed by atoms with Gasteiger partial charge in [0.25, 0.3) is 0 Å². The number of nitrogens with zero attached hydrogens (tertiary/aromatic N) is 1. The molecule has 2 rings (SSSR count). The summed E-state index contributed by atoms with van der Waals surface area (Å²) in [6.07, 6.45) is -4.85. The van der Waals surface area contributed by atoms with Crippen molar-refractivity contribution in [3.05, 3.63) is 23.8 Å². The first-order valence-corrected chi connectivity index (χ1v) is 7.56. The third-order valence-corrected chi connectivity index (χ3v) is 3.36. The number of halogens is 3. The Bertz CT molecular complexity index is 612. The Morgan fingerprint density at radius 3 is 2.50 bits per heavy atom. The topological polar surface area (TPSA) is 64.8 Å². The largest absolute Gasteiger partial charge is 0.488 e. The Labute approximate surface area is 138 Å². The molecule has 5 nitrogen and oxygen atoms in total. The van der Waals surface area contributed by atoms with E-state index in [0.717, 1.165) is 12.1 Å². The highest BCUT2D eigenvalue weighted by molar-refractivity contribution is 5.68. The van der Waals surface area contributed by atoms with E-state index in [2.05, 4.69) is 0 Å². The fourth-order valence-corrected chi connectivity index (χ4v) is 2.36. The SMILES string of the molecule is CC(C)(C)OC(=O)N1CC[C@H](Oc2cc(N)cc(C(F)(F)F)c2)C1. The minimum Gasteiger partial charge on any atom is -0.488 e. The van der Waals surface area contributed by atoms with Crippen molar-refractivity contribution in [1.82, 2.24) is 4.90 Å². The van der Waals surface area contributed by atoms with Gasteiger partial charge in [-0.1, -0.05) is 0 Å².